The van der Waals surface area contributed by atoms with Crippen molar-refractivity contribution in [3.8, 4) is 0 Å². The highest BCUT2D eigenvalue weighted by atomic mass is 16.1. The zero-order valence-electron chi connectivity index (χ0n) is 15.5. The largest absolute Gasteiger partial charge is 0.346 e. The van der Waals surface area contributed by atoms with Crippen molar-refractivity contribution >= 4 is 23.3 Å². The van der Waals surface area contributed by atoms with Gasteiger partial charge in [0.2, 0.25) is 11.5 Å². The topological polar surface area (TPSA) is 36.6 Å². The Balaban J connectivity index is 1.83. The van der Waals surface area contributed by atoms with E-state index in [2.05, 4.69) is 49.0 Å². The van der Waals surface area contributed by atoms with Gasteiger partial charge in [-0.05, 0) is 23.8 Å². The minimum atomic E-state index is -0.160. The molecule has 0 saturated heterocycles. The fraction of sp³-hybridized carbons (Fsp3) is 0.227. The Labute approximate surface area is 153 Å². The van der Waals surface area contributed by atoms with Crippen molar-refractivity contribution in [1.29, 1.82) is 0 Å². The lowest BCUT2D eigenvalue weighted by molar-refractivity contribution is -0.673. The van der Waals surface area contributed by atoms with E-state index in [1.54, 1.807) is 6.08 Å². The number of ketones is 1. The molecule has 4 nitrogen and oxygen atoms in total. The molecular weight excluding hydrogens is 322 g/mol. The van der Waals surface area contributed by atoms with Crippen LogP contribution >= 0.6 is 0 Å². The number of para-hydroxylation sites is 1. The van der Waals surface area contributed by atoms with Crippen molar-refractivity contribution in [2.24, 2.45) is 12.0 Å². The molecule has 0 atom stereocenters. The van der Waals surface area contributed by atoms with E-state index in [0.717, 1.165) is 17.0 Å². The summed E-state index contributed by atoms with van der Waals surface area (Å²) in [4.78, 5) is 19.3. The predicted octanol–water partition coefficient (Wildman–Crippen LogP) is 3.17. The second-order valence-corrected chi connectivity index (χ2v) is 7.31. The van der Waals surface area contributed by atoms with Crippen molar-refractivity contribution in [3.63, 3.8) is 0 Å². The van der Waals surface area contributed by atoms with E-state index in [0.29, 0.717) is 5.71 Å². The first-order valence-electron chi connectivity index (χ1n) is 8.74. The molecule has 4 heteroatoms. The van der Waals surface area contributed by atoms with E-state index in [-0.39, 0.29) is 11.2 Å². The number of aryl methyl sites for hydroxylation is 1. The number of hydrogen-bond acceptors (Lipinski definition) is 3. The quantitative estimate of drug-likeness (QED) is 0.745. The average Bonchev–Trinajstić information content (AvgIpc) is 2.81. The van der Waals surface area contributed by atoms with Crippen molar-refractivity contribution in [1.82, 2.24) is 0 Å². The average molecular weight is 344 g/mol. The molecule has 0 spiro atoms. The Morgan fingerprint density at radius 3 is 2.65 bits per heavy atom. The summed E-state index contributed by atoms with van der Waals surface area (Å²) in [5.74, 6) is -0.0588. The first-order valence-corrected chi connectivity index (χ1v) is 8.74. The van der Waals surface area contributed by atoms with Crippen LogP contribution in [0.1, 0.15) is 30.7 Å². The number of rotatable bonds is 1. The molecular formula is C22H22N3O+. The maximum absolute atomic E-state index is 12.5. The Bertz CT molecular complexity index is 1010. The van der Waals surface area contributed by atoms with Crippen LogP contribution in [0.25, 0.3) is 6.08 Å². The van der Waals surface area contributed by atoms with Crippen LogP contribution < -0.4 is 9.47 Å². The molecule has 4 rings (SSSR count). The van der Waals surface area contributed by atoms with Gasteiger partial charge in [-0.3, -0.25) is 9.79 Å². The van der Waals surface area contributed by atoms with E-state index in [4.69, 9.17) is 0 Å². The third-order valence-electron chi connectivity index (χ3n) is 5.37. The van der Waals surface area contributed by atoms with Crippen molar-refractivity contribution in [2.75, 3.05) is 11.9 Å². The van der Waals surface area contributed by atoms with Crippen LogP contribution in [0, 0.1) is 0 Å². The standard InChI is InChI=1S/C22H22N3O/c1-22(2)16-9-5-6-10-18(16)25(4)20(22)14-23-21-15-8-7-13-24(3)17(15)11-12-19(21)26/h5-14H,1-4H3/q+1/b20-14-,23-21?. The molecule has 130 valence electrons. The second-order valence-electron chi connectivity index (χ2n) is 7.31. The molecule has 0 N–H and O–H groups in total. The lowest BCUT2D eigenvalue weighted by Gasteiger charge is -2.23. The lowest BCUT2D eigenvalue weighted by Crippen LogP contribution is -2.36. The van der Waals surface area contributed by atoms with Crippen molar-refractivity contribution in [2.45, 2.75) is 19.3 Å². The van der Waals surface area contributed by atoms with Gasteiger partial charge in [0.25, 0.3) is 0 Å². The normalized spacial score (nSPS) is 20.6. The molecule has 26 heavy (non-hydrogen) atoms. The van der Waals surface area contributed by atoms with Crippen LogP contribution in [-0.2, 0) is 17.3 Å². The molecule has 0 amide bonds. The molecule has 0 bridgehead atoms. The molecule has 2 heterocycles. The Kier molecular flexibility index (Phi) is 3.65. The van der Waals surface area contributed by atoms with Crippen molar-refractivity contribution in [3.05, 3.63) is 77.4 Å². The van der Waals surface area contributed by atoms with Crippen LogP contribution in [0.4, 0.5) is 5.69 Å². The number of benzene rings is 1. The van der Waals surface area contributed by atoms with Gasteiger partial charge < -0.3 is 4.90 Å². The highest BCUT2D eigenvalue weighted by Crippen LogP contribution is 2.46. The molecule has 0 saturated carbocycles. The van der Waals surface area contributed by atoms with Gasteiger partial charge in [0.1, 0.15) is 12.8 Å². The number of allylic oxidation sites excluding steroid dienone is 2. The first kappa shape index (κ1) is 16.5. The zero-order valence-corrected chi connectivity index (χ0v) is 15.5. The third-order valence-corrected chi connectivity index (χ3v) is 5.37. The van der Waals surface area contributed by atoms with Crippen LogP contribution in [0.5, 0.6) is 0 Å². The molecule has 1 aromatic carbocycles. The zero-order chi connectivity index (χ0) is 18.5. The number of aliphatic imine (C=N–C) groups is 1. The molecule has 1 aliphatic heterocycles. The number of hydrogen-bond donors (Lipinski definition) is 0. The van der Waals surface area contributed by atoms with Gasteiger partial charge in [-0.15, -0.1) is 0 Å². The fourth-order valence-corrected chi connectivity index (χ4v) is 3.89. The molecule has 0 fully saturated rings. The minimum absolute atomic E-state index is 0.0588. The summed E-state index contributed by atoms with van der Waals surface area (Å²) in [6.07, 6.45) is 7.27. The number of carbonyl (C=O) groups excluding carboxylic acids is 1. The summed E-state index contributed by atoms with van der Waals surface area (Å²) in [5, 5.41) is 0. The summed E-state index contributed by atoms with van der Waals surface area (Å²) in [5.41, 5.74) is 5.73. The maximum atomic E-state index is 12.5. The van der Waals surface area contributed by atoms with Gasteiger partial charge >= 0.3 is 0 Å². The van der Waals surface area contributed by atoms with Crippen LogP contribution in [0.15, 0.2) is 65.6 Å². The summed E-state index contributed by atoms with van der Waals surface area (Å²) in [7, 11) is 4.02. The van der Waals surface area contributed by atoms with E-state index < -0.39 is 0 Å². The van der Waals surface area contributed by atoms with Gasteiger partial charge in [0.05, 0.1) is 5.56 Å². The van der Waals surface area contributed by atoms with Crippen LogP contribution in [0.2, 0.25) is 0 Å². The number of anilines is 1. The number of aromatic nitrogens is 1. The lowest BCUT2D eigenvalue weighted by atomic mass is 9.84. The molecule has 2 aliphatic rings. The molecule has 2 aromatic rings. The SMILES string of the molecule is CN1/C(=C\N=C2C(=O)C=Cc3c2ccc[n+]3C)C(C)(C)c2ccccc21. The second kappa shape index (κ2) is 5.77. The van der Waals surface area contributed by atoms with E-state index in [1.165, 1.54) is 11.3 Å². The Morgan fingerprint density at radius 2 is 1.88 bits per heavy atom. The third kappa shape index (κ3) is 2.33. The number of pyridine rings is 1. The monoisotopic (exact) mass is 344 g/mol. The van der Waals surface area contributed by atoms with Crippen LogP contribution in [0.3, 0.4) is 0 Å². The van der Waals surface area contributed by atoms with Gasteiger partial charge in [-0.1, -0.05) is 32.0 Å². The van der Waals surface area contributed by atoms with Gasteiger partial charge in [0.15, 0.2) is 6.20 Å². The molecule has 0 unspecified atom stereocenters. The number of fused-ring (bicyclic) bond motifs is 2. The number of likely N-dealkylation sites (N-methyl/N-ethyl adjacent to an activating group) is 1. The maximum Gasteiger partial charge on any atom is 0.214 e. The molecule has 1 aromatic heterocycles. The van der Waals surface area contributed by atoms with Crippen molar-refractivity contribution < 1.29 is 9.36 Å². The molecule has 0 radical (unpaired) electrons. The summed E-state index contributed by atoms with van der Waals surface area (Å²) in [6, 6.07) is 12.3. The van der Waals surface area contributed by atoms with E-state index in [1.807, 2.05) is 48.3 Å². The van der Waals surface area contributed by atoms with Gasteiger partial charge in [-0.25, -0.2) is 4.57 Å². The Hall–Kier alpha value is -3.01. The smallest absolute Gasteiger partial charge is 0.214 e. The summed E-state index contributed by atoms with van der Waals surface area (Å²) >= 11 is 0. The summed E-state index contributed by atoms with van der Waals surface area (Å²) in [6.45, 7) is 4.38. The van der Waals surface area contributed by atoms with E-state index >= 15 is 0 Å². The number of nitrogens with zero attached hydrogens (tertiary/aromatic N) is 3. The minimum Gasteiger partial charge on any atom is -0.346 e. The predicted molar refractivity (Wildman–Crippen MR) is 104 cm³/mol. The molecule has 1 aliphatic carbocycles. The Morgan fingerprint density at radius 1 is 1.12 bits per heavy atom. The van der Waals surface area contributed by atoms with Gasteiger partial charge in [-0.2, -0.15) is 0 Å². The first-order chi connectivity index (χ1) is 12.4. The fourth-order valence-electron chi connectivity index (χ4n) is 3.89. The highest BCUT2D eigenvalue weighted by molar-refractivity contribution is 6.52. The highest BCUT2D eigenvalue weighted by Gasteiger charge is 2.38. The van der Waals surface area contributed by atoms with Gasteiger partial charge in [0, 0.05) is 42.2 Å². The van der Waals surface area contributed by atoms with E-state index in [9.17, 15) is 4.79 Å². The number of carbonyl (C=O) groups is 1. The van der Waals surface area contributed by atoms with Crippen LogP contribution in [-0.4, -0.2) is 18.5 Å². The summed E-state index contributed by atoms with van der Waals surface area (Å²) < 4.78 is 2.00.